The average Bonchev–Trinajstić information content (AvgIpc) is 2.29. The number of aliphatic hydroxyl groups excluding tert-OH is 2. The SMILES string of the molecule is CCCC(O)OC(C)C(CCC)OC(O)CCC. The van der Waals surface area contributed by atoms with Crippen LogP contribution in [0.2, 0.25) is 0 Å². The van der Waals surface area contributed by atoms with Crippen molar-refractivity contribution in [2.75, 3.05) is 0 Å². The Morgan fingerprint density at radius 2 is 1.22 bits per heavy atom. The van der Waals surface area contributed by atoms with Gasteiger partial charge in [0.15, 0.2) is 12.6 Å². The molecule has 0 saturated carbocycles. The van der Waals surface area contributed by atoms with Crippen LogP contribution in [0.15, 0.2) is 0 Å². The van der Waals surface area contributed by atoms with Gasteiger partial charge in [-0.2, -0.15) is 0 Å². The smallest absolute Gasteiger partial charge is 0.155 e. The predicted octanol–water partition coefficient (Wildman–Crippen LogP) is 2.81. The fourth-order valence-electron chi connectivity index (χ4n) is 1.87. The van der Waals surface area contributed by atoms with Crippen LogP contribution in [-0.4, -0.2) is 35.0 Å². The summed E-state index contributed by atoms with van der Waals surface area (Å²) in [6, 6.07) is 0. The molecule has 4 heteroatoms. The van der Waals surface area contributed by atoms with Gasteiger partial charge in [0.2, 0.25) is 0 Å². The van der Waals surface area contributed by atoms with Gasteiger partial charge in [0.05, 0.1) is 12.2 Å². The molecule has 0 aliphatic rings. The Bertz CT molecular complexity index is 187. The minimum atomic E-state index is -0.740. The van der Waals surface area contributed by atoms with E-state index < -0.39 is 12.6 Å². The Hall–Kier alpha value is -0.160. The van der Waals surface area contributed by atoms with Crippen molar-refractivity contribution in [3.8, 4) is 0 Å². The summed E-state index contributed by atoms with van der Waals surface area (Å²) in [7, 11) is 0. The van der Waals surface area contributed by atoms with E-state index in [9.17, 15) is 10.2 Å². The van der Waals surface area contributed by atoms with E-state index in [1.807, 2.05) is 20.8 Å². The molecule has 0 aliphatic heterocycles. The summed E-state index contributed by atoms with van der Waals surface area (Å²) in [5, 5.41) is 19.3. The van der Waals surface area contributed by atoms with Crippen molar-refractivity contribution in [1.29, 1.82) is 0 Å². The molecule has 0 aromatic carbocycles. The minimum absolute atomic E-state index is 0.164. The standard InChI is InChI=1S/C14H30O4/c1-5-8-12(18-14(16)10-7-3)11(4)17-13(15)9-6-2/h11-16H,5-10H2,1-4H3. The number of aliphatic hydroxyl groups is 2. The highest BCUT2D eigenvalue weighted by Crippen LogP contribution is 2.16. The van der Waals surface area contributed by atoms with Crippen LogP contribution in [0.3, 0.4) is 0 Å². The van der Waals surface area contributed by atoms with Crippen LogP contribution in [0.1, 0.15) is 66.2 Å². The van der Waals surface area contributed by atoms with Gasteiger partial charge in [-0.1, -0.05) is 40.0 Å². The summed E-state index contributed by atoms with van der Waals surface area (Å²) in [5.41, 5.74) is 0. The molecule has 0 rings (SSSR count). The van der Waals surface area contributed by atoms with Crippen LogP contribution >= 0.6 is 0 Å². The van der Waals surface area contributed by atoms with Gasteiger partial charge in [-0.05, 0) is 26.2 Å². The van der Waals surface area contributed by atoms with Gasteiger partial charge >= 0.3 is 0 Å². The maximum atomic E-state index is 9.69. The summed E-state index contributed by atoms with van der Waals surface area (Å²) in [6.07, 6.45) is 2.95. The Morgan fingerprint density at radius 1 is 0.778 bits per heavy atom. The maximum Gasteiger partial charge on any atom is 0.155 e. The quantitative estimate of drug-likeness (QED) is 0.562. The van der Waals surface area contributed by atoms with Gasteiger partial charge < -0.3 is 19.7 Å². The second kappa shape index (κ2) is 10.7. The zero-order valence-electron chi connectivity index (χ0n) is 12.3. The molecule has 0 amide bonds. The summed E-state index contributed by atoms with van der Waals surface area (Å²) in [4.78, 5) is 0. The molecule has 4 unspecified atom stereocenters. The van der Waals surface area contributed by atoms with E-state index in [0.717, 1.165) is 25.7 Å². The lowest BCUT2D eigenvalue weighted by Gasteiger charge is -2.28. The third-order valence-corrected chi connectivity index (χ3v) is 2.87. The van der Waals surface area contributed by atoms with E-state index in [1.165, 1.54) is 0 Å². The second-order valence-corrected chi connectivity index (χ2v) is 4.79. The topological polar surface area (TPSA) is 58.9 Å². The first-order chi connectivity index (χ1) is 8.54. The highest BCUT2D eigenvalue weighted by atomic mass is 16.6. The monoisotopic (exact) mass is 262 g/mol. The van der Waals surface area contributed by atoms with Crippen molar-refractivity contribution >= 4 is 0 Å². The largest absolute Gasteiger partial charge is 0.368 e. The van der Waals surface area contributed by atoms with Gasteiger partial charge in [-0.3, -0.25) is 0 Å². The highest BCUT2D eigenvalue weighted by Gasteiger charge is 2.23. The van der Waals surface area contributed by atoms with Gasteiger partial charge in [0.25, 0.3) is 0 Å². The number of rotatable bonds is 11. The van der Waals surface area contributed by atoms with E-state index in [-0.39, 0.29) is 12.2 Å². The first-order valence-corrected chi connectivity index (χ1v) is 7.22. The molecule has 0 radical (unpaired) electrons. The molecule has 0 aromatic heterocycles. The van der Waals surface area contributed by atoms with Crippen molar-refractivity contribution in [3.63, 3.8) is 0 Å². The molecule has 0 aliphatic carbocycles. The van der Waals surface area contributed by atoms with Crippen LogP contribution < -0.4 is 0 Å². The van der Waals surface area contributed by atoms with Crippen LogP contribution in [0.4, 0.5) is 0 Å². The molecule has 2 N–H and O–H groups in total. The Balaban J connectivity index is 4.20. The maximum absolute atomic E-state index is 9.69. The molecule has 0 saturated heterocycles. The summed E-state index contributed by atoms with van der Waals surface area (Å²) >= 11 is 0. The van der Waals surface area contributed by atoms with E-state index in [1.54, 1.807) is 0 Å². The van der Waals surface area contributed by atoms with E-state index in [4.69, 9.17) is 9.47 Å². The Morgan fingerprint density at radius 3 is 1.67 bits per heavy atom. The third-order valence-electron chi connectivity index (χ3n) is 2.87. The molecule has 0 bridgehead atoms. The van der Waals surface area contributed by atoms with Crippen LogP contribution in [0.25, 0.3) is 0 Å². The first kappa shape index (κ1) is 17.8. The van der Waals surface area contributed by atoms with Crippen molar-refractivity contribution in [2.45, 2.75) is 91.0 Å². The molecule has 4 atom stereocenters. The molecule has 0 fully saturated rings. The predicted molar refractivity (Wildman–Crippen MR) is 72.2 cm³/mol. The molecule has 18 heavy (non-hydrogen) atoms. The normalized spacial score (nSPS) is 18.3. The fourth-order valence-corrected chi connectivity index (χ4v) is 1.87. The lowest BCUT2D eigenvalue weighted by Crippen LogP contribution is -2.35. The summed E-state index contributed by atoms with van der Waals surface area (Å²) in [5.74, 6) is 0. The Labute approximate surface area is 111 Å². The molecular formula is C14H30O4. The first-order valence-electron chi connectivity index (χ1n) is 7.22. The number of hydrogen-bond acceptors (Lipinski definition) is 4. The van der Waals surface area contributed by atoms with E-state index in [0.29, 0.717) is 12.8 Å². The van der Waals surface area contributed by atoms with Crippen LogP contribution in [0, 0.1) is 0 Å². The summed E-state index contributed by atoms with van der Waals surface area (Å²) in [6.45, 7) is 7.96. The molecule has 0 aromatic rings. The molecule has 0 spiro atoms. The Kier molecular flexibility index (Phi) is 10.6. The molecule has 0 heterocycles. The number of hydrogen-bond donors (Lipinski definition) is 2. The van der Waals surface area contributed by atoms with Crippen molar-refractivity contribution in [1.82, 2.24) is 0 Å². The third kappa shape index (κ3) is 8.03. The van der Waals surface area contributed by atoms with Gasteiger partial charge in [-0.15, -0.1) is 0 Å². The molecule has 4 nitrogen and oxygen atoms in total. The van der Waals surface area contributed by atoms with Gasteiger partial charge in [-0.25, -0.2) is 0 Å². The second-order valence-electron chi connectivity index (χ2n) is 4.79. The molecular weight excluding hydrogens is 232 g/mol. The van der Waals surface area contributed by atoms with Gasteiger partial charge in [0.1, 0.15) is 0 Å². The fraction of sp³-hybridized carbons (Fsp3) is 1.00. The zero-order chi connectivity index (χ0) is 14.0. The highest BCUT2D eigenvalue weighted by molar-refractivity contribution is 4.67. The van der Waals surface area contributed by atoms with Crippen LogP contribution in [0.5, 0.6) is 0 Å². The summed E-state index contributed by atoms with van der Waals surface area (Å²) < 4.78 is 11.1. The van der Waals surface area contributed by atoms with Crippen molar-refractivity contribution in [2.24, 2.45) is 0 Å². The average molecular weight is 262 g/mol. The van der Waals surface area contributed by atoms with Crippen molar-refractivity contribution < 1.29 is 19.7 Å². The lowest BCUT2D eigenvalue weighted by atomic mass is 10.1. The van der Waals surface area contributed by atoms with Gasteiger partial charge in [0, 0.05) is 0 Å². The van der Waals surface area contributed by atoms with E-state index in [2.05, 4.69) is 6.92 Å². The van der Waals surface area contributed by atoms with E-state index >= 15 is 0 Å². The number of ether oxygens (including phenoxy) is 2. The van der Waals surface area contributed by atoms with Crippen LogP contribution in [-0.2, 0) is 9.47 Å². The lowest BCUT2D eigenvalue weighted by molar-refractivity contribution is -0.212. The zero-order valence-corrected chi connectivity index (χ0v) is 12.3. The van der Waals surface area contributed by atoms with Crippen molar-refractivity contribution in [3.05, 3.63) is 0 Å². The minimum Gasteiger partial charge on any atom is -0.368 e. The molecule has 110 valence electrons.